The standard InChI is InChI=1S/C26H21N3O4S3/c1-2-33-26(32)20-19(17-11-7-13-35-17)21(23(30)28-15-8-4-3-5-9-15)25-29(22(20)27)24(31)18(36-25)14-16-10-6-12-34-16/h3-14,19H,2,27H2,1H3,(H,28,30)/b18-14-. The minimum absolute atomic E-state index is 0.0230. The second-order valence-electron chi connectivity index (χ2n) is 7.77. The molecule has 7 nitrogen and oxygen atoms in total. The highest BCUT2D eigenvalue weighted by atomic mass is 32.1. The van der Waals surface area contributed by atoms with Crippen molar-refractivity contribution < 1.29 is 14.3 Å². The van der Waals surface area contributed by atoms with Gasteiger partial charge in [0.1, 0.15) is 10.5 Å². The quantitative estimate of drug-likeness (QED) is 0.369. The molecule has 10 heteroatoms. The fraction of sp³-hybridized carbons (Fsp3) is 0.115. The molecule has 4 heterocycles. The number of esters is 1. The molecule has 0 saturated heterocycles. The Hall–Kier alpha value is -3.73. The Bertz CT molecular complexity index is 1630. The van der Waals surface area contributed by atoms with Crippen molar-refractivity contribution >= 4 is 69.0 Å². The number of nitrogens with one attached hydrogen (secondary N) is 1. The molecule has 1 amide bonds. The average molecular weight is 536 g/mol. The number of aromatic nitrogens is 1. The number of thiazole rings is 1. The number of nitrogens with two attached hydrogens (primary N) is 1. The molecule has 3 aromatic heterocycles. The van der Waals surface area contributed by atoms with E-state index in [4.69, 9.17) is 10.5 Å². The largest absolute Gasteiger partial charge is 0.463 e. The molecule has 0 bridgehead atoms. The van der Waals surface area contributed by atoms with Gasteiger partial charge in [0.2, 0.25) is 0 Å². The lowest BCUT2D eigenvalue weighted by molar-refractivity contribution is -0.138. The minimum atomic E-state index is -0.791. The van der Waals surface area contributed by atoms with E-state index >= 15 is 0 Å². The number of ether oxygens (including phenoxy) is 1. The van der Waals surface area contributed by atoms with Gasteiger partial charge in [-0.2, -0.15) is 0 Å². The van der Waals surface area contributed by atoms with Crippen LogP contribution in [0.3, 0.4) is 0 Å². The van der Waals surface area contributed by atoms with Gasteiger partial charge in [-0.05, 0) is 48.0 Å². The summed E-state index contributed by atoms with van der Waals surface area (Å²) in [6.45, 7) is 1.82. The number of hydrogen-bond acceptors (Lipinski definition) is 8. The van der Waals surface area contributed by atoms with Crippen molar-refractivity contribution in [2.24, 2.45) is 5.73 Å². The summed E-state index contributed by atoms with van der Waals surface area (Å²) in [5.41, 5.74) is 7.07. The molecular weight excluding hydrogens is 515 g/mol. The number of thiophene rings is 2. The number of carbonyl (C=O) groups is 2. The van der Waals surface area contributed by atoms with Crippen LogP contribution >= 0.6 is 34.0 Å². The molecule has 1 unspecified atom stereocenters. The van der Waals surface area contributed by atoms with E-state index in [0.717, 1.165) is 9.75 Å². The molecule has 1 atom stereocenters. The summed E-state index contributed by atoms with van der Waals surface area (Å²) in [6.07, 6.45) is 1.77. The maximum Gasteiger partial charge on any atom is 0.338 e. The van der Waals surface area contributed by atoms with E-state index in [1.807, 2.05) is 53.2 Å². The maximum atomic E-state index is 13.8. The zero-order valence-electron chi connectivity index (χ0n) is 19.1. The molecule has 1 aromatic carbocycles. The van der Waals surface area contributed by atoms with E-state index in [0.29, 0.717) is 14.9 Å². The van der Waals surface area contributed by atoms with Crippen LogP contribution in [0.1, 0.15) is 22.6 Å². The van der Waals surface area contributed by atoms with Crippen molar-refractivity contribution in [2.45, 2.75) is 12.8 Å². The highest BCUT2D eigenvalue weighted by Crippen LogP contribution is 2.39. The van der Waals surface area contributed by atoms with Gasteiger partial charge in [0.05, 0.1) is 28.2 Å². The fourth-order valence-corrected chi connectivity index (χ4v) is 6.78. The summed E-state index contributed by atoms with van der Waals surface area (Å²) in [7, 11) is 0. The third-order valence-electron chi connectivity index (χ3n) is 5.56. The summed E-state index contributed by atoms with van der Waals surface area (Å²) >= 11 is 4.08. The molecule has 36 heavy (non-hydrogen) atoms. The summed E-state index contributed by atoms with van der Waals surface area (Å²) in [4.78, 5) is 42.2. The van der Waals surface area contributed by atoms with Crippen LogP contribution in [-0.4, -0.2) is 23.1 Å². The van der Waals surface area contributed by atoms with Crippen molar-refractivity contribution in [1.29, 1.82) is 0 Å². The van der Waals surface area contributed by atoms with E-state index in [-0.39, 0.29) is 23.6 Å². The second kappa shape index (κ2) is 10.1. The molecule has 0 spiro atoms. The lowest BCUT2D eigenvalue weighted by atomic mass is 9.87. The Labute approximate surface area is 218 Å². The monoisotopic (exact) mass is 535 g/mol. The van der Waals surface area contributed by atoms with Gasteiger partial charge in [-0.25, -0.2) is 4.79 Å². The van der Waals surface area contributed by atoms with Crippen molar-refractivity contribution in [2.75, 3.05) is 11.9 Å². The number of rotatable bonds is 6. The van der Waals surface area contributed by atoms with Gasteiger partial charge in [-0.15, -0.1) is 34.0 Å². The van der Waals surface area contributed by atoms with E-state index in [1.54, 1.807) is 25.1 Å². The number of fused-ring (bicyclic) bond motifs is 1. The van der Waals surface area contributed by atoms with Crippen molar-refractivity contribution in [3.8, 4) is 0 Å². The molecule has 182 valence electrons. The predicted molar refractivity (Wildman–Crippen MR) is 145 cm³/mol. The highest BCUT2D eigenvalue weighted by molar-refractivity contribution is 7.11. The first-order valence-electron chi connectivity index (χ1n) is 11.1. The van der Waals surface area contributed by atoms with Crippen LogP contribution < -0.4 is 25.8 Å². The third-order valence-corrected chi connectivity index (χ3v) is 8.43. The van der Waals surface area contributed by atoms with Crippen LogP contribution in [0.15, 0.2) is 75.7 Å². The van der Waals surface area contributed by atoms with Gasteiger partial charge in [-0.3, -0.25) is 14.2 Å². The first-order chi connectivity index (χ1) is 17.5. The molecule has 0 fully saturated rings. The number of carbonyl (C=O) groups excluding carboxylic acids is 2. The molecule has 4 aromatic rings. The average Bonchev–Trinajstić information content (AvgIpc) is 3.63. The van der Waals surface area contributed by atoms with Crippen molar-refractivity contribution in [3.05, 3.63) is 100 Å². The smallest absolute Gasteiger partial charge is 0.338 e. The van der Waals surface area contributed by atoms with Crippen LogP contribution in [0.25, 0.3) is 17.5 Å². The number of hydrogen-bond donors (Lipinski definition) is 2. The van der Waals surface area contributed by atoms with E-state index in [9.17, 15) is 14.4 Å². The van der Waals surface area contributed by atoms with E-state index in [2.05, 4.69) is 5.32 Å². The summed E-state index contributed by atoms with van der Waals surface area (Å²) in [5, 5.41) is 6.71. The van der Waals surface area contributed by atoms with Gasteiger partial charge < -0.3 is 15.8 Å². The van der Waals surface area contributed by atoms with E-state index in [1.165, 1.54) is 38.6 Å². The first kappa shape index (κ1) is 24.0. The predicted octanol–water partition coefficient (Wildman–Crippen LogP) is 3.14. The third kappa shape index (κ3) is 4.34. The zero-order valence-corrected chi connectivity index (χ0v) is 21.5. The SMILES string of the molecule is CCOC(=O)C1=C(N)n2c(s/c(=C\c3cccs3)c2=O)=C(C(=O)Nc2ccccc2)C1c1cccs1. The summed E-state index contributed by atoms with van der Waals surface area (Å²) < 4.78 is 7.40. The van der Waals surface area contributed by atoms with Gasteiger partial charge in [0.25, 0.3) is 11.5 Å². The first-order valence-corrected chi connectivity index (χ1v) is 13.7. The maximum absolute atomic E-state index is 13.8. The minimum Gasteiger partial charge on any atom is -0.463 e. The number of amides is 1. The number of benzene rings is 1. The summed E-state index contributed by atoms with van der Waals surface area (Å²) in [5.74, 6) is -1.90. The number of nitrogens with zero attached hydrogens (tertiary/aromatic N) is 1. The second-order valence-corrected chi connectivity index (χ2v) is 10.8. The molecular formula is C26H21N3O4S3. The highest BCUT2D eigenvalue weighted by Gasteiger charge is 2.39. The van der Waals surface area contributed by atoms with Crippen LogP contribution in [0.5, 0.6) is 0 Å². The summed E-state index contributed by atoms with van der Waals surface area (Å²) in [6, 6.07) is 16.5. The molecule has 0 aliphatic carbocycles. The Morgan fingerprint density at radius 3 is 2.47 bits per heavy atom. The Kier molecular flexibility index (Phi) is 6.73. The van der Waals surface area contributed by atoms with Crippen LogP contribution in [0.2, 0.25) is 0 Å². The van der Waals surface area contributed by atoms with Crippen LogP contribution in [0, 0.1) is 0 Å². The van der Waals surface area contributed by atoms with Gasteiger partial charge in [0, 0.05) is 15.4 Å². The molecule has 1 aliphatic heterocycles. The van der Waals surface area contributed by atoms with Crippen LogP contribution in [0.4, 0.5) is 5.69 Å². The zero-order chi connectivity index (χ0) is 25.2. The fourth-order valence-electron chi connectivity index (χ4n) is 4.04. The Balaban J connectivity index is 1.82. The van der Waals surface area contributed by atoms with Gasteiger partial charge >= 0.3 is 5.97 Å². The van der Waals surface area contributed by atoms with E-state index < -0.39 is 23.4 Å². The van der Waals surface area contributed by atoms with Gasteiger partial charge in [0.15, 0.2) is 0 Å². The molecule has 5 rings (SSSR count). The Morgan fingerprint density at radius 1 is 1.06 bits per heavy atom. The van der Waals surface area contributed by atoms with Crippen molar-refractivity contribution in [3.63, 3.8) is 0 Å². The Morgan fingerprint density at radius 2 is 1.81 bits per heavy atom. The normalized spacial score (nSPS) is 15.6. The topological polar surface area (TPSA) is 103 Å². The molecule has 0 saturated carbocycles. The number of para-hydroxylation sites is 1. The van der Waals surface area contributed by atoms with Gasteiger partial charge in [-0.1, -0.05) is 30.3 Å². The lowest BCUT2D eigenvalue weighted by Gasteiger charge is -2.26. The molecule has 1 aliphatic rings. The molecule has 0 radical (unpaired) electrons. The van der Waals surface area contributed by atoms with Crippen molar-refractivity contribution in [1.82, 2.24) is 4.57 Å². The number of anilines is 1. The molecule has 3 N–H and O–H groups in total. The lowest BCUT2D eigenvalue weighted by Crippen LogP contribution is -2.42. The van der Waals surface area contributed by atoms with Crippen LogP contribution in [-0.2, 0) is 14.3 Å².